The van der Waals surface area contributed by atoms with Crippen LogP contribution in [0.4, 0.5) is 17.3 Å². The van der Waals surface area contributed by atoms with Crippen LogP contribution < -0.4 is 24.8 Å². The molecule has 0 fully saturated rings. The summed E-state index contributed by atoms with van der Waals surface area (Å²) in [6, 6.07) is 16.2. The molecular weight excluding hydrogens is 372 g/mol. The SMILES string of the molecule is COc1ccc(OC)c(Nc2ccc(NC(=O)COc3ccc(C)cc3)nn2)c1. The third-order valence-electron chi connectivity index (χ3n) is 3.99. The number of aryl methyl sites for hydroxylation is 1. The molecule has 2 N–H and O–H groups in total. The van der Waals surface area contributed by atoms with Gasteiger partial charge in [0.25, 0.3) is 5.91 Å². The maximum absolute atomic E-state index is 12.0. The number of carbonyl (C=O) groups excluding carboxylic acids is 1. The Labute approximate surface area is 168 Å². The number of nitrogens with one attached hydrogen (secondary N) is 2. The molecular formula is C21H22N4O4. The highest BCUT2D eigenvalue weighted by molar-refractivity contribution is 5.90. The molecule has 0 spiro atoms. The Balaban J connectivity index is 1.57. The molecule has 1 aromatic heterocycles. The van der Waals surface area contributed by atoms with E-state index in [4.69, 9.17) is 14.2 Å². The van der Waals surface area contributed by atoms with E-state index in [9.17, 15) is 4.79 Å². The van der Waals surface area contributed by atoms with Gasteiger partial charge in [0.1, 0.15) is 17.2 Å². The van der Waals surface area contributed by atoms with Gasteiger partial charge in [-0.1, -0.05) is 17.7 Å². The minimum absolute atomic E-state index is 0.119. The Morgan fingerprint density at radius 1 is 0.897 bits per heavy atom. The third-order valence-corrected chi connectivity index (χ3v) is 3.99. The largest absolute Gasteiger partial charge is 0.497 e. The molecule has 1 amide bonds. The molecule has 0 aliphatic heterocycles. The summed E-state index contributed by atoms with van der Waals surface area (Å²) >= 11 is 0. The number of hydrogen-bond acceptors (Lipinski definition) is 7. The van der Waals surface area contributed by atoms with E-state index in [2.05, 4.69) is 20.8 Å². The number of nitrogens with zero attached hydrogens (tertiary/aromatic N) is 2. The highest BCUT2D eigenvalue weighted by Crippen LogP contribution is 2.30. The Kier molecular flexibility index (Phi) is 6.47. The first-order chi connectivity index (χ1) is 14.1. The van der Waals surface area contributed by atoms with Crippen molar-refractivity contribution in [1.82, 2.24) is 10.2 Å². The van der Waals surface area contributed by atoms with Crippen molar-refractivity contribution in [3.63, 3.8) is 0 Å². The maximum atomic E-state index is 12.0. The second-order valence-corrected chi connectivity index (χ2v) is 6.14. The van der Waals surface area contributed by atoms with E-state index >= 15 is 0 Å². The molecule has 0 aliphatic carbocycles. The average molecular weight is 394 g/mol. The topological polar surface area (TPSA) is 94.6 Å². The average Bonchev–Trinajstić information content (AvgIpc) is 2.74. The number of aromatic nitrogens is 2. The molecule has 8 heteroatoms. The predicted octanol–water partition coefficient (Wildman–Crippen LogP) is 3.56. The predicted molar refractivity (Wildman–Crippen MR) is 110 cm³/mol. The number of hydrogen-bond donors (Lipinski definition) is 2. The molecule has 0 saturated carbocycles. The lowest BCUT2D eigenvalue weighted by Gasteiger charge is -2.12. The van der Waals surface area contributed by atoms with Gasteiger partial charge >= 0.3 is 0 Å². The molecule has 0 bridgehead atoms. The molecule has 1 heterocycles. The number of carbonyl (C=O) groups is 1. The molecule has 8 nitrogen and oxygen atoms in total. The van der Waals surface area contributed by atoms with Crippen molar-refractivity contribution >= 4 is 23.2 Å². The quantitative estimate of drug-likeness (QED) is 0.603. The highest BCUT2D eigenvalue weighted by Gasteiger charge is 2.08. The van der Waals surface area contributed by atoms with E-state index < -0.39 is 0 Å². The summed E-state index contributed by atoms with van der Waals surface area (Å²) in [5, 5.41) is 13.8. The van der Waals surface area contributed by atoms with Crippen molar-refractivity contribution in [2.24, 2.45) is 0 Å². The Hall–Kier alpha value is -3.81. The summed E-state index contributed by atoms with van der Waals surface area (Å²) in [5.41, 5.74) is 1.81. The number of amides is 1. The Morgan fingerprint density at radius 2 is 1.59 bits per heavy atom. The number of anilines is 3. The molecule has 3 aromatic rings. The van der Waals surface area contributed by atoms with E-state index in [1.807, 2.05) is 31.2 Å². The summed E-state index contributed by atoms with van der Waals surface area (Å²) in [4.78, 5) is 12.0. The second-order valence-electron chi connectivity index (χ2n) is 6.14. The molecule has 0 aliphatic rings. The molecule has 0 unspecified atom stereocenters. The lowest BCUT2D eigenvalue weighted by atomic mass is 10.2. The van der Waals surface area contributed by atoms with Crippen molar-refractivity contribution < 1.29 is 19.0 Å². The third kappa shape index (κ3) is 5.58. The summed E-state index contributed by atoms with van der Waals surface area (Å²) in [5.74, 6) is 2.44. The van der Waals surface area contributed by atoms with Crippen LogP contribution in [0.3, 0.4) is 0 Å². The first kappa shape index (κ1) is 19.9. The van der Waals surface area contributed by atoms with E-state index in [-0.39, 0.29) is 12.5 Å². The van der Waals surface area contributed by atoms with Gasteiger partial charge in [-0.2, -0.15) is 0 Å². The molecule has 29 heavy (non-hydrogen) atoms. The zero-order valence-corrected chi connectivity index (χ0v) is 16.4. The van der Waals surface area contributed by atoms with Crippen molar-refractivity contribution in [2.45, 2.75) is 6.92 Å². The molecule has 3 rings (SSSR count). The highest BCUT2D eigenvalue weighted by atomic mass is 16.5. The molecule has 0 radical (unpaired) electrons. The zero-order valence-electron chi connectivity index (χ0n) is 16.4. The van der Waals surface area contributed by atoms with Gasteiger partial charge in [-0.05, 0) is 43.3 Å². The van der Waals surface area contributed by atoms with Crippen LogP contribution in [-0.2, 0) is 4.79 Å². The number of methoxy groups -OCH3 is 2. The number of ether oxygens (including phenoxy) is 3. The summed E-state index contributed by atoms with van der Waals surface area (Å²) < 4.78 is 16.0. The number of benzene rings is 2. The van der Waals surface area contributed by atoms with Crippen molar-refractivity contribution in [3.8, 4) is 17.2 Å². The van der Waals surface area contributed by atoms with E-state index in [1.165, 1.54) is 0 Å². The fourth-order valence-electron chi connectivity index (χ4n) is 2.48. The van der Waals surface area contributed by atoms with Crippen LogP contribution in [0.1, 0.15) is 5.56 Å². The van der Waals surface area contributed by atoms with Crippen molar-refractivity contribution in [3.05, 3.63) is 60.2 Å². The van der Waals surface area contributed by atoms with Crippen LogP contribution in [0.15, 0.2) is 54.6 Å². The fraction of sp³-hybridized carbons (Fsp3) is 0.190. The first-order valence-corrected chi connectivity index (χ1v) is 8.89. The monoisotopic (exact) mass is 394 g/mol. The van der Waals surface area contributed by atoms with Gasteiger partial charge in [0.15, 0.2) is 18.2 Å². The van der Waals surface area contributed by atoms with Crippen LogP contribution in [-0.4, -0.2) is 36.9 Å². The van der Waals surface area contributed by atoms with Crippen LogP contribution in [0, 0.1) is 6.92 Å². The van der Waals surface area contributed by atoms with Gasteiger partial charge in [0.05, 0.1) is 19.9 Å². The summed E-state index contributed by atoms with van der Waals surface area (Å²) in [6.45, 7) is 1.86. The van der Waals surface area contributed by atoms with Gasteiger partial charge in [-0.15, -0.1) is 10.2 Å². The molecule has 0 atom stereocenters. The van der Waals surface area contributed by atoms with E-state index in [0.717, 1.165) is 5.56 Å². The molecule has 0 saturated heterocycles. The van der Waals surface area contributed by atoms with Crippen LogP contribution in [0.5, 0.6) is 17.2 Å². The first-order valence-electron chi connectivity index (χ1n) is 8.89. The normalized spacial score (nSPS) is 10.2. The van der Waals surface area contributed by atoms with E-state index in [0.29, 0.717) is 34.6 Å². The minimum atomic E-state index is -0.324. The smallest absolute Gasteiger partial charge is 0.263 e. The van der Waals surface area contributed by atoms with Crippen molar-refractivity contribution in [1.29, 1.82) is 0 Å². The summed E-state index contributed by atoms with van der Waals surface area (Å²) in [7, 11) is 3.17. The van der Waals surface area contributed by atoms with E-state index in [1.54, 1.807) is 44.6 Å². The molecule has 150 valence electrons. The summed E-state index contributed by atoms with van der Waals surface area (Å²) in [6.07, 6.45) is 0. The lowest BCUT2D eigenvalue weighted by molar-refractivity contribution is -0.118. The van der Waals surface area contributed by atoms with Crippen LogP contribution in [0.25, 0.3) is 0 Å². The van der Waals surface area contributed by atoms with Gasteiger partial charge < -0.3 is 24.8 Å². The van der Waals surface area contributed by atoms with Gasteiger partial charge in [-0.3, -0.25) is 4.79 Å². The zero-order chi connectivity index (χ0) is 20.6. The maximum Gasteiger partial charge on any atom is 0.263 e. The Morgan fingerprint density at radius 3 is 2.24 bits per heavy atom. The lowest BCUT2D eigenvalue weighted by Crippen LogP contribution is -2.21. The minimum Gasteiger partial charge on any atom is -0.497 e. The van der Waals surface area contributed by atoms with Crippen molar-refractivity contribution in [2.75, 3.05) is 31.5 Å². The van der Waals surface area contributed by atoms with Gasteiger partial charge in [0.2, 0.25) is 0 Å². The van der Waals surface area contributed by atoms with Gasteiger partial charge in [-0.25, -0.2) is 0 Å². The Bertz CT molecular complexity index is 959. The number of rotatable bonds is 8. The standard InChI is InChI=1S/C21H22N4O4/c1-14-4-6-15(7-5-14)29-13-21(26)23-20-11-10-19(24-25-20)22-17-12-16(27-2)8-9-18(17)28-3/h4-12H,13H2,1-3H3,(H,22,24)(H,23,25,26). The van der Waals surface area contributed by atoms with Gasteiger partial charge in [0, 0.05) is 6.07 Å². The second kappa shape index (κ2) is 9.41. The molecule has 2 aromatic carbocycles. The fourth-order valence-corrected chi connectivity index (χ4v) is 2.48. The van der Waals surface area contributed by atoms with Crippen LogP contribution in [0.2, 0.25) is 0 Å². The van der Waals surface area contributed by atoms with Crippen LogP contribution >= 0.6 is 0 Å².